The first-order valence-electron chi connectivity index (χ1n) is 7.24. The number of nitrogen functional groups attached to an aromatic ring is 1. The highest BCUT2D eigenvalue weighted by Crippen LogP contribution is 2.52. The van der Waals surface area contributed by atoms with E-state index in [2.05, 4.69) is 10.1 Å². The molecule has 4 heterocycles. The molecule has 8 nitrogen and oxygen atoms in total. The Kier molecular flexibility index (Phi) is 2.95. The third-order valence-electron chi connectivity index (χ3n) is 4.30. The van der Waals surface area contributed by atoms with Gasteiger partial charge in [0.1, 0.15) is 24.1 Å². The van der Waals surface area contributed by atoms with E-state index in [1.807, 2.05) is 0 Å². The molecule has 0 radical (unpaired) electrons. The Hall–Kier alpha value is -1.81. The maximum absolute atomic E-state index is 14.5. The number of rotatable bonds is 2. The number of ether oxygens (including phenoxy) is 3. The topological polar surface area (TPSA) is 104 Å². The van der Waals surface area contributed by atoms with E-state index < -0.39 is 36.6 Å². The number of hydrogen-bond acceptors (Lipinski definition) is 7. The van der Waals surface area contributed by atoms with Crippen LogP contribution in [-0.4, -0.2) is 50.2 Å². The fourth-order valence-corrected chi connectivity index (χ4v) is 3.36. The summed E-state index contributed by atoms with van der Waals surface area (Å²) in [6, 6.07) is 3.45. The third kappa shape index (κ3) is 1.91. The average Bonchev–Trinajstić information content (AvgIpc) is 3.11. The van der Waals surface area contributed by atoms with Crippen molar-refractivity contribution < 1.29 is 23.7 Å². The van der Waals surface area contributed by atoms with Crippen LogP contribution >= 0.6 is 0 Å². The highest BCUT2D eigenvalue weighted by molar-refractivity contribution is 5.65. The van der Waals surface area contributed by atoms with Crippen LogP contribution < -0.4 is 5.73 Å². The van der Waals surface area contributed by atoms with E-state index in [1.54, 1.807) is 26.0 Å². The molecule has 0 bridgehead atoms. The summed E-state index contributed by atoms with van der Waals surface area (Å²) in [6.45, 7) is 2.78. The number of aliphatic hydroxyl groups excluding tert-OH is 1. The van der Waals surface area contributed by atoms with E-state index in [0.717, 1.165) is 0 Å². The Morgan fingerprint density at radius 1 is 1.43 bits per heavy atom. The lowest BCUT2D eigenvalue weighted by atomic mass is 9.95. The van der Waals surface area contributed by atoms with Crippen molar-refractivity contribution in [2.24, 2.45) is 0 Å². The lowest BCUT2D eigenvalue weighted by Crippen LogP contribution is -2.47. The van der Waals surface area contributed by atoms with E-state index in [4.69, 9.17) is 19.9 Å². The molecule has 2 aliphatic heterocycles. The Morgan fingerprint density at radius 3 is 2.96 bits per heavy atom. The van der Waals surface area contributed by atoms with Gasteiger partial charge in [-0.25, -0.2) is 13.9 Å². The van der Waals surface area contributed by atoms with Gasteiger partial charge in [0.15, 0.2) is 17.2 Å². The average molecular weight is 324 g/mol. The molecule has 2 unspecified atom stereocenters. The van der Waals surface area contributed by atoms with Gasteiger partial charge in [0, 0.05) is 0 Å². The Balaban J connectivity index is 1.82. The first-order chi connectivity index (χ1) is 10.9. The summed E-state index contributed by atoms with van der Waals surface area (Å²) in [7, 11) is 0. The van der Waals surface area contributed by atoms with Gasteiger partial charge < -0.3 is 25.1 Å². The van der Waals surface area contributed by atoms with E-state index in [-0.39, 0.29) is 0 Å². The van der Waals surface area contributed by atoms with E-state index in [1.165, 1.54) is 10.8 Å². The van der Waals surface area contributed by atoms with E-state index >= 15 is 0 Å². The normalized spacial score (nSPS) is 35.7. The van der Waals surface area contributed by atoms with Crippen molar-refractivity contribution in [3.63, 3.8) is 0 Å². The maximum Gasteiger partial charge on any atom is 0.234 e. The van der Waals surface area contributed by atoms with Crippen LogP contribution in [0.3, 0.4) is 0 Å². The predicted octanol–water partition coefficient (Wildman–Crippen LogP) is 0.561. The van der Waals surface area contributed by atoms with Gasteiger partial charge >= 0.3 is 0 Å². The fraction of sp³-hybridized carbons (Fsp3) is 0.571. The summed E-state index contributed by atoms with van der Waals surface area (Å²) < 4.78 is 32.9. The van der Waals surface area contributed by atoms with Gasteiger partial charge in [-0.1, -0.05) is 0 Å². The van der Waals surface area contributed by atoms with Gasteiger partial charge in [-0.05, 0) is 26.0 Å². The van der Waals surface area contributed by atoms with Crippen molar-refractivity contribution in [2.75, 3.05) is 12.3 Å². The monoisotopic (exact) mass is 324 g/mol. The van der Waals surface area contributed by atoms with Gasteiger partial charge in [0.2, 0.25) is 6.36 Å². The number of nitrogens with zero attached hydrogens (tertiary/aromatic N) is 3. The maximum atomic E-state index is 14.5. The second-order valence-electron chi connectivity index (χ2n) is 6.23. The minimum absolute atomic E-state index is 0.304. The van der Waals surface area contributed by atoms with Gasteiger partial charge in [-0.15, -0.1) is 0 Å². The van der Waals surface area contributed by atoms with E-state index in [9.17, 15) is 9.50 Å². The summed E-state index contributed by atoms with van der Waals surface area (Å²) in [4.78, 5) is 3.92. The van der Waals surface area contributed by atoms with Crippen molar-refractivity contribution in [3.05, 3.63) is 24.2 Å². The molecule has 2 aromatic rings. The quantitative estimate of drug-likeness (QED) is 0.832. The fourth-order valence-electron chi connectivity index (χ4n) is 3.36. The molecule has 4 atom stereocenters. The summed E-state index contributed by atoms with van der Waals surface area (Å²) in [5.74, 6) is -0.723. The van der Waals surface area contributed by atoms with Crippen LogP contribution in [0.5, 0.6) is 0 Å². The first-order valence-corrected chi connectivity index (χ1v) is 7.24. The zero-order valence-corrected chi connectivity index (χ0v) is 12.6. The van der Waals surface area contributed by atoms with Crippen LogP contribution in [0.25, 0.3) is 5.52 Å². The number of fused-ring (bicyclic) bond motifs is 2. The smallest absolute Gasteiger partial charge is 0.234 e. The number of alkyl halides is 1. The summed E-state index contributed by atoms with van der Waals surface area (Å²) >= 11 is 0. The molecule has 2 saturated heterocycles. The highest BCUT2D eigenvalue weighted by Gasteiger charge is 2.67. The van der Waals surface area contributed by atoms with E-state index in [0.29, 0.717) is 17.0 Å². The molecule has 4 rings (SSSR count). The van der Waals surface area contributed by atoms with Crippen molar-refractivity contribution in [2.45, 2.75) is 43.8 Å². The standard InChI is InChI=1S/C14H17FN4O4/c1-13(2)22-10-9(21-12(15)14(10,5-20)23-13)7-3-4-8-11(16)17-6-18-19(7)8/h3-4,6,9-10,12,20H,5H2,1-2H3,(H2,16,17,18)/t9-,10-,12?,14?/m0/s1. The van der Waals surface area contributed by atoms with Gasteiger partial charge in [0.05, 0.1) is 12.3 Å². The molecule has 3 N–H and O–H groups in total. The predicted molar refractivity (Wildman–Crippen MR) is 76.0 cm³/mol. The second-order valence-corrected chi connectivity index (χ2v) is 6.23. The molecule has 0 amide bonds. The zero-order valence-electron chi connectivity index (χ0n) is 12.6. The SMILES string of the molecule is CC1(C)O[C@H]2[C@H](c3ccc4c(N)ncnn34)OC(F)C2(CO)O1. The third-order valence-corrected chi connectivity index (χ3v) is 4.30. The molecular formula is C14H17FN4O4. The van der Waals surface area contributed by atoms with Crippen molar-refractivity contribution >= 4 is 11.3 Å². The number of anilines is 1. The molecule has 124 valence electrons. The van der Waals surface area contributed by atoms with Crippen molar-refractivity contribution in [1.29, 1.82) is 0 Å². The number of hydrogen-bond donors (Lipinski definition) is 2. The zero-order chi connectivity index (χ0) is 16.4. The summed E-state index contributed by atoms with van der Waals surface area (Å²) in [6.07, 6.45) is -2.13. The molecule has 0 spiro atoms. The Bertz CT molecular complexity index is 766. The summed E-state index contributed by atoms with van der Waals surface area (Å²) in [5, 5.41) is 13.9. The Labute approximate surface area is 131 Å². The lowest BCUT2D eigenvalue weighted by Gasteiger charge is -2.26. The van der Waals surface area contributed by atoms with Crippen molar-refractivity contribution in [1.82, 2.24) is 14.6 Å². The molecular weight excluding hydrogens is 307 g/mol. The van der Waals surface area contributed by atoms with Crippen LogP contribution in [-0.2, 0) is 14.2 Å². The number of nitrogens with two attached hydrogens (primary N) is 1. The number of aromatic nitrogens is 3. The molecule has 0 aliphatic carbocycles. The second kappa shape index (κ2) is 4.60. The van der Waals surface area contributed by atoms with Gasteiger partial charge in [0.25, 0.3) is 0 Å². The minimum Gasteiger partial charge on any atom is -0.393 e. The highest BCUT2D eigenvalue weighted by atomic mass is 19.1. The van der Waals surface area contributed by atoms with Crippen LogP contribution in [0.15, 0.2) is 18.5 Å². The minimum atomic E-state index is -1.82. The molecule has 2 aromatic heterocycles. The number of aliphatic hydroxyl groups is 1. The molecule has 9 heteroatoms. The van der Waals surface area contributed by atoms with Crippen molar-refractivity contribution in [3.8, 4) is 0 Å². The van der Waals surface area contributed by atoms with Gasteiger partial charge in [-0.2, -0.15) is 5.10 Å². The lowest BCUT2D eigenvalue weighted by molar-refractivity contribution is -0.234. The molecule has 0 saturated carbocycles. The number of halogens is 1. The summed E-state index contributed by atoms with van der Waals surface area (Å²) in [5.41, 5.74) is 5.39. The molecule has 23 heavy (non-hydrogen) atoms. The van der Waals surface area contributed by atoms with Crippen LogP contribution in [0.2, 0.25) is 0 Å². The van der Waals surface area contributed by atoms with Crippen LogP contribution in [0.1, 0.15) is 25.6 Å². The largest absolute Gasteiger partial charge is 0.393 e. The molecule has 0 aromatic carbocycles. The van der Waals surface area contributed by atoms with Crippen LogP contribution in [0.4, 0.5) is 10.2 Å². The van der Waals surface area contributed by atoms with Gasteiger partial charge in [-0.3, -0.25) is 0 Å². The van der Waals surface area contributed by atoms with Crippen LogP contribution in [0, 0.1) is 0 Å². The first kappa shape index (κ1) is 14.8. The molecule has 2 aliphatic rings. The molecule has 2 fully saturated rings. The Morgan fingerprint density at radius 2 is 2.22 bits per heavy atom.